The topological polar surface area (TPSA) is 69.6 Å². The zero-order valence-electron chi connectivity index (χ0n) is 11.0. The molecule has 1 atom stereocenters. The van der Waals surface area contributed by atoms with Gasteiger partial charge in [0.15, 0.2) is 0 Å². The second-order valence-electron chi connectivity index (χ2n) is 4.57. The fourth-order valence-electron chi connectivity index (χ4n) is 2.02. The minimum absolute atomic E-state index is 0.0302. The van der Waals surface area contributed by atoms with Crippen molar-refractivity contribution >= 4 is 40.9 Å². The number of nitrogens with one attached hydrogen (secondary N) is 1. The van der Waals surface area contributed by atoms with Gasteiger partial charge in [-0.2, -0.15) is 11.8 Å². The van der Waals surface area contributed by atoms with Gasteiger partial charge in [-0.15, -0.1) is 0 Å². The molecule has 114 valence electrons. The van der Waals surface area contributed by atoms with Crippen LogP contribution in [0.15, 0.2) is 18.2 Å². The van der Waals surface area contributed by atoms with Gasteiger partial charge in [0.2, 0.25) is 5.91 Å². The Labute approximate surface area is 130 Å². The van der Waals surface area contributed by atoms with Gasteiger partial charge in [0.05, 0.1) is 12.2 Å². The Hall–Kier alpha value is -1.31. The molecule has 1 amide bonds. The molecule has 5 nitrogen and oxygen atoms in total. The number of rotatable bonds is 4. The molecule has 1 heterocycles. The van der Waals surface area contributed by atoms with Crippen LogP contribution in [0.25, 0.3) is 0 Å². The molecule has 1 aliphatic rings. The fraction of sp³-hybridized carbons (Fsp3) is 0.385. The number of hydrogen-bond acceptors (Lipinski definition) is 4. The first-order chi connectivity index (χ1) is 9.97. The van der Waals surface area contributed by atoms with Crippen LogP contribution in [0, 0.1) is 5.82 Å². The van der Waals surface area contributed by atoms with Crippen molar-refractivity contribution in [2.24, 2.45) is 0 Å². The first kappa shape index (κ1) is 16.1. The summed E-state index contributed by atoms with van der Waals surface area (Å²) in [7, 11) is 0. The first-order valence-corrected chi connectivity index (χ1v) is 7.80. The largest absolute Gasteiger partial charge is 0.480 e. The van der Waals surface area contributed by atoms with E-state index < -0.39 is 23.7 Å². The van der Waals surface area contributed by atoms with E-state index in [1.54, 1.807) is 16.7 Å². The van der Waals surface area contributed by atoms with Crippen molar-refractivity contribution < 1.29 is 19.1 Å². The number of carboxylic acids is 1. The molecule has 0 saturated carbocycles. The number of thioether (sulfide) groups is 1. The zero-order valence-corrected chi connectivity index (χ0v) is 12.6. The molecule has 0 bridgehead atoms. The molecule has 1 aromatic carbocycles. The van der Waals surface area contributed by atoms with Crippen molar-refractivity contribution in [3.05, 3.63) is 29.0 Å². The highest BCUT2D eigenvalue weighted by Crippen LogP contribution is 2.20. The molecule has 0 spiro atoms. The highest BCUT2D eigenvalue weighted by molar-refractivity contribution is 7.99. The number of amides is 1. The molecule has 1 unspecified atom stereocenters. The Morgan fingerprint density at radius 3 is 2.95 bits per heavy atom. The van der Waals surface area contributed by atoms with Crippen molar-refractivity contribution in [2.45, 2.75) is 6.04 Å². The second-order valence-corrected chi connectivity index (χ2v) is 6.16. The van der Waals surface area contributed by atoms with Crippen LogP contribution >= 0.6 is 23.4 Å². The maximum absolute atomic E-state index is 13.6. The summed E-state index contributed by atoms with van der Waals surface area (Å²) in [6.07, 6.45) is 0. The molecule has 0 radical (unpaired) electrons. The number of hydrogen-bond donors (Lipinski definition) is 2. The molecule has 1 aromatic rings. The van der Waals surface area contributed by atoms with Crippen LogP contribution in [0.2, 0.25) is 5.02 Å². The molecule has 1 saturated heterocycles. The Kier molecular flexibility index (Phi) is 5.44. The standard InChI is InChI=1S/C13H14ClFN2O3S/c14-8-1-2-10(9(15)5-8)16-12(18)6-17-3-4-21-7-11(17)13(19)20/h1-2,5,11H,3-4,6-7H2,(H,16,18)(H,19,20). The molecule has 2 N–H and O–H groups in total. The lowest BCUT2D eigenvalue weighted by molar-refractivity contribution is -0.142. The zero-order chi connectivity index (χ0) is 15.4. The van der Waals surface area contributed by atoms with E-state index in [1.807, 2.05) is 0 Å². The van der Waals surface area contributed by atoms with Gasteiger partial charge >= 0.3 is 5.97 Å². The van der Waals surface area contributed by atoms with Gasteiger partial charge in [-0.1, -0.05) is 11.6 Å². The van der Waals surface area contributed by atoms with Gasteiger partial charge < -0.3 is 10.4 Å². The van der Waals surface area contributed by atoms with E-state index in [2.05, 4.69) is 5.32 Å². The number of carbonyl (C=O) groups excluding carboxylic acids is 1. The number of aliphatic carboxylic acids is 1. The molecule has 21 heavy (non-hydrogen) atoms. The number of nitrogens with zero attached hydrogens (tertiary/aromatic N) is 1. The molecular formula is C13H14ClFN2O3S. The van der Waals surface area contributed by atoms with E-state index in [0.717, 1.165) is 11.8 Å². The van der Waals surface area contributed by atoms with E-state index >= 15 is 0 Å². The molecule has 2 rings (SSSR count). The van der Waals surface area contributed by atoms with Gasteiger partial charge in [0, 0.05) is 23.1 Å². The summed E-state index contributed by atoms with van der Waals surface area (Å²) in [4.78, 5) is 24.7. The minimum Gasteiger partial charge on any atom is -0.480 e. The SMILES string of the molecule is O=C(CN1CCSCC1C(=O)O)Nc1ccc(Cl)cc1F. The summed E-state index contributed by atoms with van der Waals surface area (Å²) >= 11 is 7.18. The van der Waals surface area contributed by atoms with Crippen LogP contribution in [0.1, 0.15) is 0 Å². The molecule has 0 aliphatic carbocycles. The lowest BCUT2D eigenvalue weighted by Crippen LogP contribution is -2.50. The summed E-state index contributed by atoms with van der Waals surface area (Å²) in [5.74, 6) is -0.813. The Morgan fingerprint density at radius 1 is 1.52 bits per heavy atom. The maximum atomic E-state index is 13.6. The van der Waals surface area contributed by atoms with Crippen LogP contribution in [0.4, 0.5) is 10.1 Å². The summed E-state index contributed by atoms with van der Waals surface area (Å²) in [5, 5.41) is 11.8. The van der Waals surface area contributed by atoms with E-state index in [0.29, 0.717) is 12.3 Å². The number of carbonyl (C=O) groups is 2. The van der Waals surface area contributed by atoms with Crippen LogP contribution in [-0.2, 0) is 9.59 Å². The number of anilines is 1. The summed E-state index contributed by atoms with van der Waals surface area (Å²) in [5.41, 5.74) is 0.0302. The number of benzene rings is 1. The van der Waals surface area contributed by atoms with Crippen molar-refractivity contribution in [2.75, 3.05) is 29.9 Å². The van der Waals surface area contributed by atoms with Gasteiger partial charge in [-0.3, -0.25) is 14.5 Å². The lowest BCUT2D eigenvalue weighted by Gasteiger charge is -2.31. The van der Waals surface area contributed by atoms with Crippen molar-refractivity contribution in [3.63, 3.8) is 0 Å². The van der Waals surface area contributed by atoms with E-state index in [-0.39, 0.29) is 17.3 Å². The van der Waals surface area contributed by atoms with Gasteiger partial charge in [0.1, 0.15) is 11.9 Å². The summed E-state index contributed by atoms with van der Waals surface area (Å²) < 4.78 is 13.6. The van der Waals surface area contributed by atoms with Crippen molar-refractivity contribution in [1.29, 1.82) is 0 Å². The smallest absolute Gasteiger partial charge is 0.321 e. The summed E-state index contributed by atoms with van der Waals surface area (Å²) in [6, 6.07) is 3.26. The van der Waals surface area contributed by atoms with E-state index in [1.165, 1.54) is 12.1 Å². The normalized spacial score (nSPS) is 19.2. The summed E-state index contributed by atoms with van der Waals surface area (Å²) in [6.45, 7) is 0.428. The Balaban J connectivity index is 1.98. The fourth-order valence-corrected chi connectivity index (χ4v) is 3.29. The molecule has 0 aromatic heterocycles. The van der Waals surface area contributed by atoms with Crippen LogP contribution in [-0.4, -0.2) is 52.5 Å². The van der Waals surface area contributed by atoms with Crippen molar-refractivity contribution in [1.82, 2.24) is 4.90 Å². The average Bonchev–Trinajstić information content (AvgIpc) is 2.42. The van der Waals surface area contributed by atoms with Gasteiger partial charge in [0.25, 0.3) is 0 Å². The lowest BCUT2D eigenvalue weighted by atomic mass is 10.2. The Bertz CT molecular complexity index is 558. The average molecular weight is 333 g/mol. The number of halogens is 2. The highest BCUT2D eigenvalue weighted by atomic mass is 35.5. The molecular weight excluding hydrogens is 319 g/mol. The van der Waals surface area contributed by atoms with E-state index in [9.17, 15) is 14.0 Å². The maximum Gasteiger partial charge on any atom is 0.321 e. The number of carboxylic acid groups (broad SMARTS) is 1. The third-order valence-corrected chi connectivity index (χ3v) is 4.33. The minimum atomic E-state index is -0.951. The highest BCUT2D eigenvalue weighted by Gasteiger charge is 2.30. The quantitative estimate of drug-likeness (QED) is 0.881. The van der Waals surface area contributed by atoms with Crippen LogP contribution in [0.3, 0.4) is 0 Å². The molecule has 8 heteroatoms. The predicted octanol–water partition coefficient (Wildman–Crippen LogP) is 1.92. The molecule has 1 fully saturated rings. The first-order valence-electron chi connectivity index (χ1n) is 6.27. The molecule has 1 aliphatic heterocycles. The van der Waals surface area contributed by atoms with E-state index in [4.69, 9.17) is 16.7 Å². The second kappa shape index (κ2) is 7.11. The van der Waals surface area contributed by atoms with Gasteiger partial charge in [-0.05, 0) is 18.2 Å². The van der Waals surface area contributed by atoms with Crippen LogP contribution in [0.5, 0.6) is 0 Å². The van der Waals surface area contributed by atoms with Gasteiger partial charge in [-0.25, -0.2) is 4.39 Å². The van der Waals surface area contributed by atoms with Crippen molar-refractivity contribution in [3.8, 4) is 0 Å². The monoisotopic (exact) mass is 332 g/mol. The third kappa shape index (κ3) is 4.33. The Morgan fingerprint density at radius 2 is 2.29 bits per heavy atom. The van der Waals surface area contributed by atoms with Crippen LogP contribution < -0.4 is 5.32 Å². The predicted molar refractivity (Wildman–Crippen MR) is 80.4 cm³/mol. The third-order valence-electron chi connectivity index (χ3n) is 3.08.